The molecule has 1 saturated heterocycles. The monoisotopic (exact) mass is 450 g/mol. The summed E-state index contributed by atoms with van der Waals surface area (Å²) in [6, 6.07) is 17.5. The molecule has 2 atom stereocenters. The Morgan fingerprint density at radius 3 is 2.21 bits per heavy atom. The average molecular weight is 451 g/mol. The first-order valence-corrected chi connectivity index (χ1v) is 11.0. The molecule has 1 aliphatic heterocycles. The molecule has 0 bridgehead atoms. The molecule has 0 radical (unpaired) electrons. The number of aromatic nitrogens is 2. The van der Waals surface area contributed by atoms with Gasteiger partial charge in [0.05, 0.1) is 31.3 Å². The van der Waals surface area contributed by atoms with Crippen molar-refractivity contribution in [1.29, 1.82) is 0 Å². The first-order chi connectivity index (χ1) is 15.9. The highest BCUT2D eigenvalue weighted by Gasteiger charge is 2.32. The van der Waals surface area contributed by atoms with Crippen LogP contribution in [0.25, 0.3) is 16.9 Å². The summed E-state index contributed by atoms with van der Waals surface area (Å²) in [5.74, 6) is 1.99. The van der Waals surface area contributed by atoms with Gasteiger partial charge in [-0.15, -0.1) is 0 Å². The molecule has 0 saturated carbocycles. The number of urea groups is 1. The highest BCUT2D eigenvalue weighted by atomic mass is 16.5. The van der Waals surface area contributed by atoms with Crippen LogP contribution in [-0.2, 0) is 0 Å². The molecule has 2 unspecified atom stereocenters. The molecule has 8 heteroatoms. The fourth-order valence-corrected chi connectivity index (χ4v) is 4.43. The topological polar surface area (TPSA) is 80.1 Å². The summed E-state index contributed by atoms with van der Waals surface area (Å²) in [6.45, 7) is 3.27. The van der Waals surface area contributed by atoms with Crippen LogP contribution in [0, 0.1) is 5.92 Å². The number of nitrogens with zero attached hydrogens (tertiary/aromatic N) is 4. The average Bonchev–Trinajstić information content (AvgIpc) is 3.28. The minimum atomic E-state index is -0.372. The summed E-state index contributed by atoms with van der Waals surface area (Å²) in [6.07, 6.45) is 0.780. The second kappa shape index (κ2) is 9.54. The number of benzene rings is 2. The van der Waals surface area contributed by atoms with Gasteiger partial charge in [-0.3, -0.25) is 5.21 Å². The summed E-state index contributed by atoms with van der Waals surface area (Å²) in [4.78, 5) is 13.9. The van der Waals surface area contributed by atoms with Crippen molar-refractivity contribution in [3.63, 3.8) is 0 Å². The zero-order valence-electron chi connectivity index (χ0n) is 19.4. The molecule has 2 heterocycles. The predicted octanol–water partition coefficient (Wildman–Crippen LogP) is 4.42. The van der Waals surface area contributed by atoms with Crippen LogP contribution >= 0.6 is 0 Å². The summed E-state index contributed by atoms with van der Waals surface area (Å²) in [7, 11) is 4.66. The van der Waals surface area contributed by atoms with E-state index < -0.39 is 0 Å². The third-order valence-corrected chi connectivity index (χ3v) is 6.26. The van der Waals surface area contributed by atoms with Crippen molar-refractivity contribution in [3.05, 3.63) is 60.3 Å². The number of rotatable bonds is 5. The van der Waals surface area contributed by atoms with Crippen LogP contribution < -0.4 is 9.47 Å². The van der Waals surface area contributed by atoms with E-state index in [1.54, 1.807) is 19.1 Å². The standard InChI is InChI=1S/C25H30N4O4/c1-17-16-28(25(30)27(2)31)14-13-22(17)23-15-24(18-5-9-20(32-3)10-6-18)29(26-23)19-7-11-21(33-4)12-8-19/h5-12,15,17,22,31H,13-14,16H2,1-4H3. The molecule has 1 aromatic heterocycles. The first kappa shape index (κ1) is 22.7. The fourth-order valence-electron chi connectivity index (χ4n) is 4.43. The molecule has 174 valence electrons. The quantitative estimate of drug-likeness (QED) is 0.460. The zero-order valence-corrected chi connectivity index (χ0v) is 19.4. The zero-order chi connectivity index (χ0) is 23.5. The van der Waals surface area contributed by atoms with Gasteiger partial charge < -0.3 is 14.4 Å². The van der Waals surface area contributed by atoms with E-state index in [2.05, 4.69) is 13.0 Å². The van der Waals surface area contributed by atoms with Crippen LogP contribution in [0.4, 0.5) is 4.79 Å². The maximum Gasteiger partial charge on any atom is 0.343 e. The molecule has 2 aromatic carbocycles. The number of carbonyl (C=O) groups excluding carboxylic acids is 1. The summed E-state index contributed by atoms with van der Waals surface area (Å²) >= 11 is 0. The Labute approximate surface area is 193 Å². The van der Waals surface area contributed by atoms with Gasteiger partial charge in [-0.05, 0) is 66.9 Å². The SMILES string of the molecule is COc1ccc(-c2cc(C3CCN(C(=O)N(C)O)CC3C)nn2-c2ccc(OC)cc2)cc1. The summed E-state index contributed by atoms with van der Waals surface area (Å²) < 4.78 is 12.6. The maximum atomic E-state index is 12.2. The van der Waals surface area contributed by atoms with Crippen LogP contribution in [0.15, 0.2) is 54.6 Å². The molecule has 1 fully saturated rings. The molecule has 0 aliphatic carbocycles. The van der Waals surface area contributed by atoms with Gasteiger partial charge in [0.1, 0.15) is 11.5 Å². The van der Waals surface area contributed by atoms with Gasteiger partial charge in [0.25, 0.3) is 0 Å². The number of likely N-dealkylation sites (tertiary alicyclic amines) is 1. The van der Waals surface area contributed by atoms with Crippen LogP contribution in [0.3, 0.4) is 0 Å². The molecule has 33 heavy (non-hydrogen) atoms. The minimum absolute atomic E-state index is 0.200. The van der Waals surface area contributed by atoms with E-state index in [0.717, 1.165) is 40.6 Å². The smallest absolute Gasteiger partial charge is 0.343 e. The molecule has 1 aliphatic rings. The number of piperidine rings is 1. The summed E-state index contributed by atoms with van der Waals surface area (Å²) in [5.41, 5.74) is 3.95. The number of carbonyl (C=O) groups is 1. The molecular formula is C25H30N4O4. The molecule has 1 N–H and O–H groups in total. The number of amides is 2. The number of hydrogen-bond acceptors (Lipinski definition) is 5. The van der Waals surface area contributed by atoms with Gasteiger partial charge in [0.2, 0.25) is 0 Å². The van der Waals surface area contributed by atoms with E-state index >= 15 is 0 Å². The highest BCUT2D eigenvalue weighted by Crippen LogP contribution is 2.36. The minimum Gasteiger partial charge on any atom is -0.497 e. The van der Waals surface area contributed by atoms with E-state index in [1.165, 1.54) is 7.05 Å². The third kappa shape index (κ3) is 4.66. The number of ether oxygens (including phenoxy) is 2. The van der Waals surface area contributed by atoms with Gasteiger partial charge in [0, 0.05) is 31.6 Å². The second-order valence-electron chi connectivity index (χ2n) is 8.42. The van der Waals surface area contributed by atoms with E-state index in [9.17, 15) is 10.0 Å². The lowest BCUT2D eigenvalue weighted by Gasteiger charge is -2.36. The Hall–Kier alpha value is -3.52. The van der Waals surface area contributed by atoms with Crippen molar-refractivity contribution in [3.8, 4) is 28.4 Å². The molecule has 8 nitrogen and oxygen atoms in total. The van der Waals surface area contributed by atoms with Gasteiger partial charge in [-0.1, -0.05) is 6.92 Å². The largest absolute Gasteiger partial charge is 0.497 e. The number of methoxy groups -OCH3 is 2. The van der Waals surface area contributed by atoms with E-state index in [0.29, 0.717) is 18.2 Å². The predicted molar refractivity (Wildman–Crippen MR) is 125 cm³/mol. The number of hydrogen-bond donors (Lipinski definition) is 1. The Bertz CT molecular complexity index is 1030. The Balaban J connectivity index is 1.69. The molecule has 4 rings (SSSR count). The maximum absolute atomic E-state index is 12.2. The number of hydroxylamine groups is 2. The molecule has 2 amide bonds. The lowest BCUT2D eigenvalue weighted by Crippen LogP contribution is -2.46. The normalized spacial score (nSPS) is 18.2. The van der Waals surface area contributed by atoms with Gasteiger partial charge >= 0.3 is 6.03 Å². The molecule has 3 aromatic rings. The van der Waals surface area contributed by atoms with Crippen molar-refractivity contribution in [2.75, 3.05) is 34.4 Å². The third-order valence-electron chi connectivity index (χ3n) is 6.26. The van der Waals surface area contributed by atoms with Crippen molar-refractivity contribution < 1.29 is 19.5 Å². The Kier molecular flexibility index (Phi) is 6.55. The fraction of sp³-hybridized carbons (Fsp3) is 0.360. The lowest BCUT2D eigenvalue weighted by molar-refractivity contribution is -0.0378. The van der Waals surface area contributed by atoms with Crippen molar-refractivity contribution in [2.45, 2.75) is 19.3 Å². The molecular weight excluding hydrogens is 420 g/mol. The Morgan fingerprint density at radius 2 is 1.67 bits per heavy atom. The van der Waals surface area contributed by atoms with Crippen LogP contribution in [0.5, 0.6) is 11.5 Å². The van der Waals surface area contributed by atoms with Crippen LogP contribution in [-0.4, -0.2) is 65.3 Å². The van der Waals surface area contributed by atoms with Crippen molar-refractivity contribution in [2.24, 2.45) is 5.92 Å². The second-order valence-corrected chi connectivity index (χ2v) is 8.42. The van der Waals surface area contributed by atoms with E-state index in [4.69, 9.17) is 14.6 Å². The van der Waals surface area contributed by atoms with Gasteiger partial charge in [-0.2, -0.15) is 5.10 Å². The Morgan fingerprint density at radius 1 is 1.06 bits per heavy atom. The van der Waals surface area contributed by atoms with E-state index in [-0.39, 0.29) is 17.9 Å². The van der Waals surface area contributed by atoms with E-state index in [1.807, 2.05) is 53.2 Å². The first-order valence-electron chi connectivity index (χ1n) is 11.0. The van der Waals surface area contributed by atoms with Crippen molar-refractivity contribution >= 4 is 6.03 Å². The van der Waals surface area contributed by atoms with Crippen LogP contribution in [0.2, 0.25) is 0 Å². The van der Waals surface area contributed by atoms with Crippen LogP contribution in [0.1, 0.15) is 25.0 Å². The lowest BCUT2D eigenvalue weighted by atomic mass is 9.84. The summed E-state index contributed by atoms with van der Waals surface area (Å²) in [5, 5.41) is 15.2. The van der Waals surface area contributed by atoms with Gasteiger partial charge in [-0.25, -0.2) is 14.5 Å². The highest BCUT2D eigenvalue weighted by molar-refractivity contribution is 5.73. The van der Waals surface area contributed by atoms with Crippen molar-refractivity contribution in [1.82, 2.24) is 19.7 Å². The van der Waals surface area contributed by atoms with Gasteiger partial charge in [0.15, 0.2) is 0 Å². The molecule has 0 spiro atoms.